The van der Waals surface area contributed by atoms with Crippen LogP contribution in [-0.2, 0) is 24.2 Å². The normalized spacial score (nSPS) is 19.1. The first-order valence-electron chi connectivity index (χ1n) is 7.03. The van der Waals surface area contributed by atoms with Gasteiger partial charge in [0.05, 0.1) is 0 Å². The summed E-state index contributed by atoms with van der Waals surface area (Å²) in [5.41, 5.74) is 0. The van der Waals surface area contributed by atoms with Gasteiger partial charge in [0, 0.05) is 31.8 Å². The summed E-state index contributed by atoms with van der Waals surface area (Å²) in [6, 6.07) is 0. The molecular weight excluding hydrogens is 228 g/mol. The lowest BCUT2D eigenvalue weighted by molar-refractivity contribution is -0.122. The number of rotatable bonds is 4. The Bertz CT molecular complexity index is 436. The highest BCUT2D eigenvalue weighted by Gasteiger charge is 2.29. The number of aryl methyl sites for hydroxylation is 1. The van der Waals surface area contributed by atoms with Crippen molar-refractivity contribution in [3.05, 3.63) is 11.6 Å². The van der Waals surface area contributed by atoms with E-state index >= 15 is 0 Å². The van der Waals surface area contributed by atoms with Crippen LogP contribution in [0.2, 0.25) is 0 Å². The summed E-state index contributed by atoms with van der Waals surface area (Å²) in [7, 11) is 0. The van der Waals surface area contributed by atoms with Crippen molar-refractivity contribution in [2.45, 2.75) is 51.5 Å². The van der Waals surface area contributed by atoms with Crippen molar-refractivity contribution in [1.82, 2.24) is 20.1 Å². The average molecular weight is 248 g/mol. The van der Waals surface area contributed by atoms with Crippen LogP contribution in [0.1, 0.15) is 43.8 Å². The summed E-state index contributed by atoms with van der Waals surface area (Å²) < 4.78 is 2.25. The van der Waals surface area contributed by atoms with Gasteiger partial charge in [-0.2, -0.15) is 0 Å². The van der Waals surface area contributed by atoms with Crippen molar-refractivity contribution in [3.63, 3.8) is 0 Å². The Morgan fingerprint density at radius 2 is 2.17 bits per heavy atom. The van der Waals surface area contributed by atoms with Crippen LogP contribution >= 0.6 is 0 Å². The molecule has 1 aromatic heterocycles. The second-order valence-electron chi connectivity index (χ2n) is 5.31. The Morgan fingerprint density at radius 1 is 1.28 bits per heavy atom. The Hall–Kier alpha value is -1.39. The van der Waals surface area contributed by atoms with Gasteiger partial charge in [-0.25, -0.2) is 0 Å². The van der Waals surface area contributed by atoms with Gasteiger partial charge < -0.3 is 9.88 Å². The fraction of sp³-hybridized carbons (Fsp3) is 0.769. The summed E-state index contributed by atoms with van der Waals surface area (Å²) in [5.74, 6) is 2.66. The van der Waals surface area contributed by atoms with Gasteiger partial charge in [-0.1, -0.05) is 6.42 Å². The molecule has 0 bridgehead atoms. The Kier molecular flexibility index (Phi) is 3.30. The van der Waals surface area contributed by atoms with Crippen molar-refractivity contribution in [2.24, 2.45) is 5.92 Å². The summed E-state index contributed by atoms with van der Waals surface area (Å²) in [6.07, 6.45) is 7.68. The van der Waals surface area contributed by atoms with Crippen molar-refractivity contribution in [3.8, 4) is 0 Å². The molecule has 1 saturated carbocycles. The second-order valence-corrected chi connectivity index (χ2v) is 5.31. The molecule has 1 amide bonds. The van der Waals surface area contributed by atoms with Crippen LogP contribution in [-0.4, -0.2) is 27.2 Å². The molecular formula is C13H20N4O. The molecule has 5 heteroatoms. The molecule has 1 aliphatic carbocycles. The maximum absolute atomic E-state index is 11.5. The van der Waals surface area contributed by atoms with Gasteiger partial charge in [0.15, 0.2) is 0 Å². The van der Waals surface area contributed by atoms with Crippen LogP contribution in [0.25, 0.3) is 0 Å². The third kappa shape index (κ3) is 2.54. The Labute approximate surface area is 107 Å². The number of nitrogens with one attached hydrogen (secondary N) is 1. The molecule has 1 aromatic rings. The Morgan fingerprint density at radius 3 is 3.00 bits per heavy atom. The van der Waals surface area contributed by atoms with Crippen LogP contribution in [0.15, 0.2) is 0 Å². The minimum atomic E-state index is 0.214. The SMILES string of the molecule is O=C(NCCc1nnc2n1CCCCC2)C1CC1. The summed E-state index contributed by atoms with van der Waals surface area (Å²) in [5, 5.41) is 11.5. The van der Waals surface area contributed by atoms with Crippen LogP contribution in [0.3, 0.4) is 0 Å². The minimum absolute atomic E-state index is 0.214. The number of nitrogens with zero attached hydrogens (tertiary/aromatic N) is 3. The molecule has 0 radical (unpaired) electrons. The van der Waals surface area contributed by atoms with Gasteiger partial charge >= 0.3 is 0 Å². The zero-order valence-electron chi connectivity index (χ0n) is 10.7. The lowest BCUT2D eigenvalue weighted by atomic mass is 10.2. The van der Waals surface area contributed by atoms with E-state index in [-0.39, 0.29) is 5.91 Å². The molecule has 2 heterocycles. The number of aromatic nitrogens is 3. The van der Waals surface area contributed by atoms with Gasteiger partial charge in [-0.05, 0) is 25.7 Å². The summed E-state index contributed by atoms with van der Waals surface area (Å²) in [6.45, 7) is 1.72. The number of carbonyl (C=O) groups excluding carboxylic acids is 1. The standard InChI is InChI=1S/C13H20N4O/c18-13(10-5-6-10)14-8-7-12-16-15-11-4-2-1-3-9-17(11)12/h10H,1-9H2,(H,14,18). The molecule has 0 atom stereocenters. The number of amides is 1. The van der Waals surface area contributed by atoms with E-state index in [4.69, 9.17) is 0 Å². The molecule has 1 fully saturated rings. The molecule has 98 valence electrons. The first-order chi connectivity index (χ1) is 8.84. The van der Waals surface area contributed by atoms with Crippen LogP contribution in [0.5, 0.6) is 0 Å². The minimum Gasteiger partial charge on any atom is -0.355 e. The van der Waals surface area contributed by atoms with Crippen LogP contribution in [0.4, 0.5) is 0 Å². The molecule has 0 aromatic carbocycles. The monoisotopic (exact) mass is 248 g/mol. The third-order valence-corrected chi connectivity index (χ3v) is 3.78. The first-order valence-corrected chi connectivity index (χ1v) is 7.03. The molecule has 3 rings (SSSR count). The first kappa shape index (κ1) is 11.7. The number of hydrogen-bond donors (Lipinski definition) is 1. The molecule has 1 N–H and O–H groups in total. The van der Waals surface area contributed by atoms with E-state index in [2.05, 4.69) is 20.1 Å². The van der Waals surface area contributed by atoms with Crippen molar-refractivity contribution >= 4 is 5.91 Å². The Balaban J connectivity index is 1.55. The zero-order valence-corrected chi connectivity index (χ0v) is 10.7. The highest BCUT2D eigenvalue weighted by atomic mass is 16.2. The fourth-order valence-corrected chi connectivity index (χ4v) is 2.52. The van der Waals surface area contributed by atoms with Crippen molar-refractivity contribution in [1.29, 1.82) is 0 Å². The van der Waals surface area contributed by atoms with Gasteiger partial charge in [0.2, 0.25) is 5.91 Å². The highest BCUT2D eigenvalue weighted by Crippen LogP contribution is 2.28. The number of carbonyl (C=O) groups is 1. The largest absolute Gasteiger partial charge is 0.355 e. The molecule has 2 aliphatic rings. The van der Waals surface area contributed by atoms with Gasteiger partial charge in [0.1, 0.15) is 11.6 Å². The summed E-state index contributed by atoms with van der Waals surface area (Å²) >= 11 is 0. The van der Waals surface area contributed by atoms with Gasteiger partial charge in [0.25, 0.3) is 0 Å². The topological polar surface area (TPSA) is 59.8 Å². The van der Waals surface area contributed by atoms with E-state index in [0.29, 0.717) is 12.5 Å². The lowest BCUT2D eigenvalue weighted by Crippen LogP contribution is -2.27. The quantitative estimate of drug-likeness (QED) is 0.867. The van der Waals surface area contributed by atoms with E-state index in [1.807, 2.05) is 0 Å². The molecule has 5 nitrogen and oxygen atoms in total. The number of hydrogen-bond acceptors (Lipinski definition) is 3. The van der Waals surface area contributed by atoms with E-state index in [1.54, 1.807) is 0 Å². The van der Waals surface area contributed by atoms with Gasteiger partial charge in [-0.3, -0.25) is 4.79 Å². The predicted molar refractivity (Wildman–Crippen MR) is 67.0 cm³/mol. The average Bonchev–Trinajstić information content (AvgIpc) is 3.18. The molecule has 0 saturated heterocycles. The van der Waals surface area contributed by atoms with E-state index < -0.39 is 0 Å². The second kappa shape index (κ2) is 5.08. The molecule has 0 spiro atoms. The van der Waals surface area contributed by atoms with E-state index in [0.717, 1.165) is 43.9 Å². The fourth-order valence-electron chi connectivity index (χ4n) is 2.52. The predicted octanol–water partition coefficient (Wildman–Crippen LogP) is 1.07. The van der Waals surface area contributed by atoms with Gasteiger partial charge in [-0.15, -0.1) is 10.2 Å². The highest BCUT2D eigenvalue weighted by molar-refractivity contribution is 5.80. The van der Waals surface area contributed by atoms with E-state index in [1.165, 1.54) is 19.3 Å². The maximum Gasteiger partial charge on any atom is 0.223 e. The van der Waals surface area contributed by atoms with E-state index in [9.17, 15) is 4.79 Å². The number of fused-ring (bicyclic) bond motifs is 1. The summed E-state index contributed by atoms with van der Waals surface area (Å²) in [4.78, 5) is 11.5. The van der Waals surface area contributed by atoms with Crippen LogP contribution < -0.4 is 5.32 Å². The third-order valence-electron chi connectivity index (χ3n) is 3.78. The van der Waals surface area contributed by atoms with Crippen molar-refractivity contribution < 1.29 is 4.79 Å². The smallest absolute Gasteiger partial charge is 0.223 e. The molecule has 18 heavy (non-hydrogen) atoms. The van der Waals surface area contributed by atoms with Crippen molar-refractivity contribution in [2.75, 3.05) is 6.54 Å². The molecule has 1 aliphatic heterocycles. The maximum atomic E-state index is 11.5. The zero-order chi connectivity index (χ0) is 12.4. The molecule has 0 unspecified atom stereocenters. The van der Waals surface area contributed by atoms with Crippen LogP contribution in [0, 0.1) is 5.92 Å². The lowest BCUT2D eigenvalue weighted by Gasteiger charge is -2.07.